The van der Waals surface area contributed by atoms with Gasteiger partial charge in [-0.05, 0) is 29.8 Å². The van der Waals surface area contributed by atoms with E-state index < -0.39 is 5.97 Å². The van der Waals surface area contributed by atoms with Gasteiger partial charge in [0.15, 0.2) is 5.75 Å². The summed E-state index contributed by atoms with van der Waals surface area (Å²) in [5.41, 5.74) is 1.49. The van der Waals surface area contributed by atoms with Crippen molar-refractivity contribution in [2.24, 2.45) is 0 Å². The van der Waals surface area contributed by atoms with Crippen LogP contribution in [0.25, 0.3) is 0 Å². The van der Waals surface area contributed by atoms with E-state index in [1.165, 1.54) is 0 Å². The summed E-state index contributed by atoms with van der Waals surface area (Å²) in [6.45, 7) is 0. The number of ether oxygens (including phenoxy) is 1. The van der Waals surface area contributed by atoms with E-state index in [4.69, 9.17) is 40.2 Å². The lowest BCUT2D eigenvalue weighted by atomic mass is 10.1. The summed E-state index contributed by atoms with van der Waals surface area (Å²) in [4.78, 5) is 14.1. The molecule has 0 aliphatic carbocycles. The van der Waals surface area contributed by atoms with Gasteiger partial charge in [0.1, 0.15) is 4.32 Å². The molecule has 0 N–H and O–H groups in total. The molecule has 0 aliphatic rings. The molecule has 2 rings (SSSR count). The van der Waals surface area contributed by atoms with Crippen LogP contribution in [0.1, 0.15) is 15.9 Å². The van der Waals surface area contributed by atoms with Gasteiger partial charge in [-0.3, -0.25) is 0 Å². The number of rotatable bonds is 4. The average molecular weight is 400 g/mol. The molecule has 7 heteroatoms. The van der Waals surface area contributed by atoms with Crippen LogP contribution < -0.4 is 4.74 Å². The summed E-state index contributed by atoms with van der Waals surface area (Å²) >= 11 is 18.8. The molecule has 0 radical (unpaired) electrons. The van der Waals surface area contributed by atoms with E-state index in [1.807, 2.05) is 31.1 Å². The van der Waals surface area contributed by atoms with Crippen molar-refractivity contribution in [2.45, 2.75) is 5.75 Å². The third-order valence-corrected chi connectivity index (χ3v) is 5.43. The third-order valence-electron chi connectivity index (χ3n) is 3.03. The van der Waals surface area contributed by atoms with Crippen LogP contribution >= 0.6 is 47.2 Å². The quantitative estimate of drug-likeness (QED) is 0.395. The van der Waals surface area contributed by atoms with Crippen LogP contribution in [0, 0.1) is 0 Å². The SMILES string of the molecule is CN(C)C(=S)SCc1ccc(C(=O)Oc2c(Cl)cccc2Cl)cc1. The number of thiocarbonyl (C=S) groups is 1. The predicted molar refractivity (Wildman–Crippen MR) is 105 cm³/mol. The van der Waals surface area contributed by atoms with Gasteiger partial charge in [-0.15, -0.1) is 0 Å². The van der Waals surface area contributed by atoms with E-state index >= 15 is 0 Å². The monoisotopic (exact) mass is 399 g/mol. The Hall–Kier alpha value is -1.27. The van der Waals surface area contributed by atoms with Crippen molar-refractivity contribution in [2.75, 3.05) is 14.1 Å². The van der Waals surface area contributed by atoms with Crippen molar-refractivity contribution in [3.8, 4) is 5.75 Å². The maximum atomic E-state index is 12.2. The zero-order chi connectivity index (χ0) is 17.7. The summed E-state index contributed by atoms with van der Waals surface area (Å²) in [5.74, 6) is 0.401. The fourth-order valence-corrected chi connectivity index (χ4v) is 3.14. The topological polar surface area (TPSA) is 29.5 Å². The second-order valence-electron chi connectivity index (χ2n) is 5.09. The number of carbonyl (C=O) groups excluding carboxylic acids is 1. The van der Waals surface area contributed by atoms with Crippen LogP contribution in [0.15, 0.2) is 42.5 Å². The third kappa shape index (κ3) is 5.11. The van der Waals surface area contributed by atoms with E-state index in [1.54, 1.807) is 42.1 Å². The molecule has 0 saturated heterocycles. The number of benzene rings is 2. The maximum absolute atomic E-state index is 12.2. The lowest BCUT2D eigenvalue weighted by Crippen LogP contribution is -2.16. The van der Waals surface area contributed by atoms with Crippen molar-refractivity contribution in [1.29, 1.82) is 0 Å². The molecule has 3 nitrogen and oxygen atoms in total. The fourth-order valence-electron chi connectivity index (χ4n) is 1.74. The summed E-state index contributed by atoms with van der Waals surface area (Å²) in [7, 11) is 3.82. The molecule has 2 aromatic rings. The standard InChI is InChI=1S/C17H15Cl2NO2S2/c1-20(2)17(23)24-10-11-6-8-12(9-7-11)16(21)22-15-13(18)4-3-5-14(15)19/h3-9H,10H2,1-2H3. The zero-order valence-corrected chi connectivity index (χ0v) is 16.2. The first-order valence-electron chi connectivity index (χ1n) is 6.97. The number of nitrogens with zero attached hydrogens (tertiary/aromatic N) is 1. The second-order valence-corrected chi connectivity index (χ2v) is 7.51. The number of carbonyl (C=O) groups is 1. The lowest BCUT2D eigenvalue weighted by Gasteiger charge is -2.12. The van der Waals surface area contributed by atoms with Crippen molar-refractivity contribution in [1.82, 2.24) is 4.90 Å². The molecule has 0 fully saturated rings. The van der Waals surface area contributed by atoms with Crippen LogP contribution in [0.4, 0.5) is 0 Å². The normalized spacial score (nSPS) is 10.3. The number of para-hydroxylation sites is 1. The Balaban J connectivity index is 2.02. The molecule has 2 aromatic carbocycles. The second kappa shape index (κ2) is 8.72. The lowest BCUT2D eigenvalue weighted by molar-refractivity contribution is 0.0735. The minimum Gasteiger partial charge on any atom is -0.420 e. The number of hydrogen-bond donors (Lipinski definition) is 0. The van der Waals surface area contributed by atoms with Crippen molar-refractivity contribution >= 4 is 57.5 Å². The largest absolute Gasteiger partial charge is 0.420 e. The molecule has 126 valence electrons. The van der Waals surface area contributed by atoms with E-state index in [0.29, 0.717) is 15.6 Å². The van der Waals surface area contributed by atoms with Gasteiger partial charge in [-0.25, -0.2) is 4.79 Å². The van der Waals surface area contributed by atoms with E-state index in [2.05, 4.69) is 0 Å². The summed E-state index contributed by atoms with van der Waals surface area (Å²) in [6, 6.07) is 12.1. The first-order chi connectivity index (χ1) is 11.4. The minimum atomic E-state index is -0.506. The first-order valence-corrected chi connectivity index (χ1v) is 9.12. The molecular formula is C17H15Cl2NO2S2. The van der Waals surface area contributed by atoms with Gasteiger partial charge in [-0.2, -0.15) is 0 Å². The van der Waals surface area contributed by atoms with Crippen LogP contribution in [-0.2, 0) is 5.75 Å². The molecule has 0 amide bonds. The Morgan fingerprint density at radius 3 is 2.25 bits per heavy atom. The van der Waals surface area contributed by atoms with Gasteiger partial charge < -0.3 is 9.64 Å². The predicted octanol–water partition coefficient (Wildman–Crippen LogP) is 5.29. The van der Waals surface area contributed by atoms with E-state index in [0.717, 1.165) is 15.6 Å². The van der Waals surface area contributed by atoms with E-state index in [-0.39, 0.29) is 5.75 Å². The van der Waals surface area contributed by atoms with E-state index in [9.17, 15) is 4.79 Å². The number of hydrogen-bond acceptors (Lipinski definition) is 4. The number of esters is 1. The molecule has 0 heterocycles. The van der Waals surface area contributed by atoms with Gasteiger partial charge in [0.2, 0.25) is 0 Å². The molecule has 0 spiro atoms. The van der Waals surface area contributed by atoms with Crippen LogP contribution in [0.5, 0.6) is 5.75 Å². The molecule has 0 aliphatic heterocycles. The highest BCUT2D eigenvalue weighted by atomic mass is 35.5. The van der Waals surface area contributed by atoms with Crippen molar-refractivity contribution in [3.63, 3.8) is 0 Å². The molecule has 0 bridgehead atoms. The van der Waals surface area contributed by atoms with Gasteiger partial charge in [0.25, 0.3) is 0 Å². The molecule has 0 aromatic heterocycles. The Morgan fingerprint density at radius 2 is 1.71 bits per heavy atom. The Bertz CT molecular complexity index is 729. The molecule has 0 saturated carbocycles. The smallest absolute Gasteiger partial charge is 0.343 e. The van der Waals surface area contributed by atoms with Crippen LogP contribution in [-0.4, -0.2) is 29.3 Å². The molecule has 24 heavy (non-hydrogen) atoms. The molecule has 0 atom stereocenters. The summed E-state index contributed by atoms with van der Waals surface area (Å²) in [5, 5.41) is 0.585. The van der Waals surface area contributed by atoms with Gasteiger partial charge >= 0.3 is 5.97 Å². The highest BCUT2D eigenvalue weighted by molar-refractivity contribution is 8.22. The van der Waals surface area contributed by atoms with Crippen molar-refractivity contribution < 1.29 is 9.53 Å². The summed E-state index contributed by atoms with van der Waals surface area (Å²) < 4.78 is 6.11. The number of halogens is 2. The highest BCUT2D eigenvalue weighted by Gasteiger charge is 2.14. The average Bonchev–Trinajstić information content (AvgIpc) is 2.56. The number of thioether (sulfide) groups is 1. The fraction of sp³-hybridized carbons (Fsp3) is 0.176. The van der Waals surface area contributed by atoms with Gasteiger partial charge in [-0.1, -0.05) is 65.4 Å². The Morgan fingerprint density at radius 1 is 1.12 bits per heavy atom. The van der Waals surface area contributed by atoms with Crippen LogP contribution in [0.2, 0.25) is 10.0 Å². The maximum Gasteiger partial charge on any atom is 0.343 e. The van der Waals surface area contributed by atoms with Gasteiger partial charge in [0, 0.05) is 19.8 Å². The first kappa shape index (κ1) is 19.1. The summed E-state index contributed by atoms with van der Waals surface area (Å²) in [6.07, 6.45) is 0. The minimum absolute atomic E-state index is 0.168. The highest BCUT2D eigenvalue weighted by Crippen LogP contribution is 2.33. The van der Waals surface area contributed by atoms with Crippen LogP contribution in [0.3, 0.4) is 0 Å². The molecule has 0 unspecified atom stereocenters. The van der Waals surface area contributed by atoms with Crippen molar-refractivity contribution in [3.05, 3.63) is 63.6 Å². The Labute approximate surface area is 160 Å². The Kier molecular flexibility index (Phi) is 6.92. The zero-order valence-electron chi connectivity index (χ0n) is 13.1. The van der Waals surface area contributed by atoms with Gasteiger partial charge in [0.05, 0.1) is 15.6 Å². The molecular weight excluding hydrogens is 385 g/mol.